The van der Waals surface area contributed by atoms with Crippen LogP contribution in [0.2, 0.25) is 0 Å². The minimum atomic E-state index is -0.959. The highest BCUT2D eigenvalue weighted by Crippen LogP contribution is 2.07. The molecule has 0 saturated heterocycles. The van der Waals surface area contributed by atoms with Gasteiger partial charge in [-0.3, -0.25) is 9.80 Å². The third-order valence-corrected chi connectivity index (χ3v) is 4.78. The maximum Gasteiger partial charge on any atom is 0.0947 e. The van der Waals surface area contributed by atoms with Crippen LogP contribution in [0.3, 0.4) is 0 Å². The van der Waals surface area contributed by atoms with Crippen LogP contribution < -0.4 is 0 Å². The first kappa shape index (κ1) is 24.0. The van der Waals surface area contributed by atoms with Crippen molar-refractivity contribution >= 4 is 0 Å². The lowest BCUT2D eigenvalue weighted by Crippen LogP contribution is -2.48. The second-order valence-corrected chi connectivity index (χ2v) is 7.35. The van der Waals surface area contributed by atoms with Crippen molar-refractivity contribution in [2.24, 2.45) is 0 Å². The molecule has 156 valence electrons. The van der Waals surface area contributed by atoms with Gasteiger partial charge in [0.05, 0.1) is 31.5 Å². The molecule has 0 amide bonds. The quantitative estimate of drug-likeness (QED) is 0.343. The largest absolute Gasteiger partial charge is 0.395 e. The number of aliphatic hydroxyl groups excluding tert-OH is 4. The number of hydrogen-bond acceptors (Lipinski definition) is 7. The van der Waals surface area contributed by atoms with E-state index in [0.29, 0.717) is 13.1 Å². The molecule has 0 heterocycles. The van der Waals surface area contributed by atoms with Crippen LogP contribution in [0.1, 0.15) is 12.5 Å². The van der Waals surface area contributed by atoms with Gasteiger partial charge in [0, 0.05) is 39.3 Å². The van der Waals surface area contributed by atoms with E-state index < -0.39 is 12.1 Å². The molecule has 0 fully saturated rings. The van der Waals surface area contributed by atoms with E-state index in [1.165, 1.54) is 5.56 Å². The second-order valence-electron chi connectivity index (χ2n) is 7.35. The van der Waals surface area contributed by atoms with Gasteiger partial charge in [-0.1, -0.05) is 30.3 Å². The van der Waals surface area contributed by atoms with Crippen LogP contribution in [0.25, 0.3) is 0 Å². The van der Waals surface area contributed by atoms with E-state index in [-0.39, 0.29) is 19.3 Å². The Kier molecular flexibility index (Phi) is 11.7. The average molecular weight is 384 g/mol. The van der Waals surface area contributed by atoms with Gasteiger partial charge in [0.15, 0.2) is 0 Å². The Labute approximate surface area is 163 Å². The molecule has 0 unspecified atom stereocenters. The van der Waals surface area contributed by atoms with E-state index in [2.05, 4.69) is 21.9 Å². The molecule has 0 bridgehead atoms. The Morgan fingerprint density at radius 3 is 2.07 bits per heavy atom. The summed E-state index contributed by atoms with van der Waals surface area (Å²) in [7, 11) is 3.85. The maximum atomic E-state index is 9.85. The number of nitrogens with zero attached hydrogens (tertiary/aromatic N) is 3. The number of likely N-dealkylation sites (N-methyl/N-ethyl adjacent to an activating group) is 2. The molecule has 7 nitrogen and oxygen atoms in total. The molecule has 1 rings (SSSR count). The molecule has 0 saturated carbocycles. The molecular formula is C20H37N3O4. The van der Waals surface area contributed by atoms with Gasteiger partial charge in [-0.05, 0) is 26.6 Å². The van der Waals surface area contributed by atoms with Crippen molar-refractivity contribution < 1.29 is 20.4 Å². The number of rotatable bonds is 14. The minimum absolute atomic E-state index is 0.200. The highest BCUT2D eigenvalue weighted by molar-refractivity contribution is 5.14. The van der Waals surface area contributed by atoms with Gasteiger partial charge in [0.1, 0.15) is 0 Å². The van der Waals surface area contributed by atoms with E-state index in [9.17, 15) is 15.3 Å². The Balaban J connectivity index is 2.64. The van der Waals surface area contributed by atoms with Crippen LogP contribution in [0.15, 0.2) is 30.3 Å². The van der Waals surface area contributed by atoms with Gasteiger partial charge in [0.25, 0.3) is 0 Å². The fourth-order valence-corrected chi connectivity index (χ4v) is 3.11. The third kappa shape index (κ3) is 9.62. The SMILES string of the molecule is C[C@H](O)CN(C)CCN(CCN(C)[C@H](CO)[C@H](O)CO)Cc1ccccc1. The molecule has 7 heteroatoms. The second kappa shape index (κ2) is 13.2. The van der Waals surface area contributed by atoms with E-state index in [0.717, 1.165) is 26.2 Å². The summed E-state index contributed by atoms with van der Waals surface area (Å²) in [6.07, 6.45) is -1.31. The normalized spacial score (nSPS) is 15.5. The summed E-state index contributed by atoms with van der Waals surface area (Å²) in [4.78, 5) is 6.32. The predicted octanol–water partition coefficient (Wildman–Crippen LogP) is -0.553. The van der Waals surface area contributed by atoms with Crippen LogP contribution in [0.5, 0.6) is 0 Å². The summed E-state index contributed by atoms with van der Waals surface area (Å²) >= 11 is 0. The first-order valence-corrected chi connectivity index (χ1v) is 9.60. The van der Waals surface area contributed by atoms with Crippen molar-refractivity contribution in [2.45, 2.75) is 31.7 Å². The fraction of sp³-hybridized carbons (Fsp3) is 0.700. The van der Waals surface area contributed by atoms with Gasteiger partial charge in [-0.2, -0.15) is 0 Å². The number of aliphatic hydroxyl groups is 4. The lowest BCUT2D eigenvalue weighted by atomic mass is 10.1. The molecule has 0 aliphatic rings. The zero-order valence-corrected chi connectivity index (χ0v) is 16.9. The summed E-state index contributed by atoms with van der Waals surface area (Å²) in [6, 6.07) is 9.77. The molecule has 1 aromatic rings. The van der Waals surface area contributed by atoms with E-state index >= 15 is 0 Å². The van der Waals surface area contributed by atoms with Crippen molar-refractivity contribution in [1.29, 1.82) is 0 Å². The summed E-state index contributed by atoms with van der Waals surface area (Å²) < 4.78 is 0. The van der Waals surface area contributed by atoms with Gasteiger partial charge in [-0.15, -0.1) is 0 Å². The predicted molar refractivity (Wildman–Crippen MR) is 107 cm³/mol. The van der Waals surface area contributed by atoms with Gasteiger partial charge < -0.3 is 25.3 Å². The Morgan fingerprint density at radius 1 is 0.889 bits per heavy atom. The first-order valence-electron chi connectivity index (χ1n) is 9.60. The van der Waals surface area contributed by atoms with Crippen molar-refractivity contribution in [2.75, 3.05) is 60.0 Å². The molecule has 3 atom stereocenters. The van der Waals surface area contributed by atoms with Gasteiger partial charge in [0.2, 0.25) is 0 Å². The van der Waals surface area contributed by atoms with Gasteiger partial charge in [-0.25, -0.2) is 0 Å². The van der Waals surface area contributed by atoms with Crippen LogP contribution >= 0.6 is 0 Å². The maximum absolute atomic E-state index is 9.85. The smallest absolute Gasteiger partial charge is 0.0947 e. The minimum Gasteiger partial charge on any atom is -0.395 e. The highest BCUT2D eigenvalue weighted by atomic mass is 16.3. The molecule has 4 N–H and O–H groups in total. The third-order valence-electron chi connectivity index (χ3n) is 4.78. The fourth-order valence-electron chi connectivity index (χ4n) is 3.11. The lowest BCUT2D eigenvalue weighted by Gasteiger charge is -2.32. The molecule has 0 aliphatic carbocycles. The first-order chi connectivity index (χ1) is 12.9. The molecular weight excluding hydrogens is 346 g/mol. The van der Waals surface area contributed by atoms with E-state index in [1.807, 2.05) is 37.2 Å². The Morgan fingerprint density at radius 2 is 1.52 bits per heavy atom. The monoisotopic (exact) mass is 383 g/mol. The number of benzene rings is 1. The van der Waals surface area contributed by atoms with Crippen LogP contribution in [0.4, 0.5) is 0 Å². The van der Waals surface area contributed by atoms with Crippen LogP contribution in [-0.2, 0) is 6.54 Å². The van der Waals surface area contributed by atoms with Crippen molar-refractivity contribution in [3.05, 3.63) is 35.9 Å². The molecule has 1 aromatic carbocycles. The molecule has 0 aromatic heterocycles. The zero-order chi connectivity index (χ0) is 20.2. The summed E-state index contributed by atoms with van der Waals surface area (Å²) in [5.74, 6) is 0. The van der Waals surface area contributed by atoms with Crippen molar-refractivity contribution in [3.8, 4) is 0 Å². The van der Waals surface area contributed by atoms with Crippen molar-refractivity contribution in [3.63, 3.8) is 0 Å². The summed E-state index contributed by atoms with van der Waals surface area (Å²) in [5, 5.41) is 38.0. The topological polar surface area (TPSA) is 90.6 Å². The highest BCUT2D eigenvalue weighted by Gasteiger charge is 2.22. The van der Waals surface area contributed by atoms with Crippen LogP contribution in [-0.4, -0.2) is 113 Å². The lowest BCUT2D eigenvalue weighted by molar-refractivity contribution is -0.00663. The van der Waals surface area contributed by atoms with E-state index in [1.54, 1.807) is 6.92 Å². The standard InChI is InChI=1S/C20H37N3O4/c1-17(26)13-21(2)9-11-23(14-18-7-5-4-6-8-18)12-10-22(3)19(15-24)20(27)16-25/h4-8,17,19-20,24-27H,9-16H2,1-3H3/t17-,19+,20+/m0/s1. The zero-order valence-electron chi connectivity index (χ0n) is 16.9. The number of hydrogen-bond donors (Lipinski definition) is 4. The molecule has 0 aliphatic heterocycles. The Hall–Kier alpha value is -1.06. The summed E-state index contributed by atoms with van der Waals surface area (Å²) in [6.45, 7) is 5.77. The van der Waals surface area contributed by atoms with Crippen LogP contribution in [0, 0.1) is 0 Å². The van der Waals surface area contributed by atoms with E-state index in [4.69, 9.17) is 5.11 Å². The average Bonchev–Trinajstić information content (AvgIpc) is 2.64. The Bertz CT molecular complexity index is 489. The van der Waals surface area contributed by atoms with Crippen molar-refractivity contribution in [1.82, 2.24) is 14.7 Å². The molecule has 0 spiro atoms. The molecule has 0 radical (unpaired) electrons. The van der Waals surface area contributed by atoms with Gasteiger partial charge >= 0.3 is 0 Å². The summed E-state index contributed by atoms with van der Waals surface area (Å²) in [5.41, 5.74) is 1.23. The molecule has 27 heavy (non-hydrogen) atoms.